The highest BCUT2D eigenvalue weighted by Crippen LogP contribution is 2.27. The summed E-state index contributed by atoms with van der Waals surface area (Å²) in [5.41, 5.74) is 0.185. The Morgan fingerprint density at radius 3 is 2.58 bits per heavy atom. The lowest BCUT2D eigenvalue weighted by molar-refractivity contribution is -0.166. The van der Waals surface area contributed by atoms with E-state index in [0.29, 0.717) is 32.5 Å². The van der Waals surface area contributed by atoms with Crippen molar-refractivity contribution in [3.05, 3.63) is 48.3 Å². The van der Waals surface area contributed by atoms with Crippen LogP contribution < -0.4 is 4.74 Å². The lowest BCUT2D eigenvalue weighted by Gasteiger charge is -2.43. The Balaban J connectivity index is 1.43. The van der Waals surface area contributed by atoms with Crippen molar-refractivity contribution in [3.8, 4) is 5.75 Å². The summed E-state index contributed by atoms with van der Waals surface area (Å²) in [5, 5.41) is 4.17. The molecule has 0 aliphatic carbocycles. The molecule has 2 saturated heterocycles. The molecule has 0 radical (unpaired) electrons. The van der Waals surface area contributed by atoms with Gasteiger partial charge in [0.2, 0.25) is 11.8 Å². The third kappa shape index (κ3) is 6.35. The highest BCUT2D eigenvalue weighted by molar-refractivity contribution is 5.79. The summed E-state index contributed by atoms with van der Waals surface area (Å²) in [7, 11) is 1.87. The molecular formula is C25H34N4O4. The summed E-state index contributed by atoms with van der Waals surface area (Å²) in [4.78, 5) is 29.9. The monoisotopic (exact) mass is 454 g/mol. The number of morpholine rings is 1. The SMILES string of the molecule is Cn1cc(CCC(=O)N2CCOC(COc3ccccc3)(CC(=O)N3CCCCC3)C2)cn1. The van der Waals surface area contributed by atoms with Gasteiger partial charge in [-0.15, -0.1) is 0 Å². The van der Waals surface area contributed by atoms with E-state index in [2.05, 4.69) is 5.10 Å². The molecule has 33 heavy (non-hydrogen) atoms. The molecule has 0 saturated carbocycles. The molecule has 2 aliphatic rings. The Morgan fingerprint density at radius 1 is 1.06 bits per heavy atom. The first kappa shape index (κ1) is 23.3. The number of rotatable bonds is 8. The van der Waals surface area contributed by atoms with E-state index < -0.39 is 5.60 Å². The predicted molar refractivity (Wildman–Crippen MR) is 124 cm³/mol. The van der Waals surface area contributed by atoms with Crippen LogP contribution in [-0.4, -0.2) is 76.4 Å². The smallest absolute Gasteiger partial charge is 0.225 e. The van der Waals surface area contributed by atoms with Gasteiger partial charge in [0.1, 0.15) is 18.0 Å². The van der Waals surface area contributed by atoms with Crippen molar-refractivity contribution in [1.82, 2.24) is 19.6 Å². The fraction of sp³-hybridized carbons (Fsp3) is 0.560. The fourth-order valence-corrected chi connectivity index (χ4v) is 4.58. The van der Waals surface area contributed by atoms with Crippen LogP contribution in [-0.2, 0) is 27.8 Å². The maximum absolute atomic E-state index is 13.2. The fourth-order valence-electron chi connectivity index (χ4n) is 4.58. The Morgan fingerprint density at radius 2 is 1.85 bits per heavy atom. The Bertz CT molecular complexity index is 925. The van der Waals surface area contributed by atoms with E-state index in [4.69, 9.17) is 9.47 Å². The molecule has 2 amide bonds. The first-order valence-electron chi connectivity index (χ1n) is 11.9. The first-order chi connectivity index (χ1) is 16.0. The molecule has 1 unspecified atom stereocenters. The second-order valence-electron chi connectivity index (χ2n) is 9.09. The molecule has 2 aromatic rings. The van der Waals surface area contributed by atoms with E-state index in [1.807, 2.05) is 53.4 Å². The Labute approximate surface area is 195 Å². The van der Waals surface area contributed by atoms with Crippen molar-refractivity contribution in [2.45, 2.75) is 44.1 Å². The van der Waals surface area contributed by atoms with Gasteiger partial charge in [0.05, 0.1) is 25.8 Å². The standard InChI is InChI=1S/C25H34N4O4/c1-27-18-21(17-26-27)10-11-23(30)29-14-15-33-25(19-29,20-32-22-8-4-2-5-9-22)16-24(31)28-12-6-3-7-13-28/h2,4-5,8-9,17-18H,3,6-7,10-16,19-20H2,1H3. The van der Waals surface area contributed by atoms with Crippen LogP contribution in [0.1, 0.15) is 37.7 Å². The molecule has 2 fully saturated rings. The minimum atomic E-state index is -0.855. The minimum absolute atomic E-state index is 0.0664. The number of amides is 2. The van der Waals surface area contributed by atoms with Gasteiger partial charge in [0, 0.05) is 39.3 Å². The van der Waals surface area contributed by atoms with Crippen molar-refractivity contribution in [2.24, 2.45) is 7.05 Å². The zero-order chi connectivity index (χ0) is 23.1. The molecular weight excluding hydrogens is 420 g/mol. The lowest BCUT2D eigenvalue weighted by atomic mass is 9.95. The number of para-hydroxylation sites is 1. The number of benzene rings is 1. The molecule has 3 heterocycles. The van der Waals surface area contributed by atoms with Crippen LogP contribution in [0.25, 0.3) is 0 Å². The maximum atomic E-state index is 13.2. The average molecular weight is 455 g/mol. The summed E-state index contributed by atoms with van der Waals surface area (Å²) in [6.45, 7) is 3.08. The molecule has 8 heteroatoms. The molecule has 1 atom stereocenters. The lowest BCUT2D eigenvalue weighted by Crippen LogP contribution is -2.58. The van der Waals surface area contributed by atoms with E-state index in [0.717, 1.165) is 37.2 Å². The molecule has 1 aromatic carbocycles. The minimum Gasteiger partial charge on any atom is -0.490 e. The van der Waals surface area contributed by atoms with Crippen molar-refractivity contribution >= 4 is 11.8 Å². The number of aryl methyl sites for hydroxylation is 2. The van der Waals surface area contributed by atoms with Crippen molar-refractivity contribution in [2.75, 3.05) is 39.4 Å². The molecule has 1 aromatic heterocycles. The molecule has 178 valence electrons. The highest BCUT2D eigenvalue weighted by atomic mass is 16.5. The number of hydrogen-bond acceptors (Lipinski definition) is 5. The highest BCUT2D eigenvalue weighted by Gasteiger charge is 2.42. The van der Waals surface area contributed by atoms with Gasteiger partial charge in [-0.1, -0.05) is 18.2 Å². The number of carbonyl (C=O) groups excluding carboxylic acids is 2. The van der Waals surface area contributed by atoms with Crippen molar-refractivity contribution in [1.29, 1.82) is 0 Å². The van der Waals surface area contributed by atoms with E-state index in [9.17, 15) is 9.59 Å². The second-order valence-corrected chi connectivity index (χ2v) is 9.09. The third-order valence-corrected chi connectivity index (χ3v) is 6.41. The van der Waals surface area contributed by atoms with Gasteiger partial charge in [-0.05, 0) is 43.4 Å². The quantitative estimate of drug-likeness (QED) is 0.612. The first-order valence-corrected chi connectivity index (χ1v) is 11.9. The topological polar surface area (TPSA) is 76.9 Å². The van der Waals surface area contributed by atoms with Crippen molar-refractivity contribution in [3.63, 3.8) is 0 Å². The predicted octanol–water partition coefficient (Wildman–Crippen LogP) is 2.43. The summed E-state index contributed by atoms with van der Waals surface area (Å²) in [6.07, 6.45) is 8.24. The summed E-state index contributed by atoms with van der Waals surface area (Å²) < 4.78 is 14.0. The maximum Gasteiger partial charge on any atom is 0.225 e. The molecule has 0 spiro atoms. The molecule has 4 rings (SSSR count). The molecule has 0 bridgehead atoms. The van der Waals surface area contributed by atoms with Gasteiger partial charge in [-0.2, -0.15) is 5.10 Å². The van der Waals surface area contributed by atoms with Crippen LogP contribution in [0.2, 0.25) is 0 Å². The van der Waals surface area contributed by atoms with E-state index in [1.54, 1.807) is 10.9 Å². The zero-order valence-corrected chi connectivity index (χ0v) is 19.4. The van der Waals surface area contributed by atoms with Crippen LogP contribution in [0.15, 0.2) is 42.7 Å². The van der Waals surface area contributed by atoms with Gasteiger partial charge in [-0.3, -0.25) is 14.3 Å². The molecule has 2 aliphatic heterocycles. The summed E-state index contributed by atoms with van der Waals surface area (Å²) in [6, 6.07) is 9.54. The summed E-state index contributed by atoms with van der Waals surface area (Å²) >= 11 is 0. The number of ether oxygens (including phenoxy) is 2. The van der Waals surface area contributed by atoms with Gasteiger partial charge < -0.3 is 19.3 Å². The Hall–Kier alpha value is -2.87. The van der Waals surface area contributed by atoms with Gasteiger partial charge >= 0.3 is 0 Å². The van der Waals surface area contributed by atoms with Crippen molar-refractivity contribution < 1.29 is 19.1 Å². The van der Waals surface area contributed by atoms with Crippen LogP contribution in [0.3, 0.4) is 0 Å². The van der Waals surface area contributed by atoms with E-state index in [1.165, 1.54) is 6.42 Å². The number of piperidine rings is 1. The number of hydrogen-bond donors (Lipinski definition) is 0. The third-order valence-electron chi connectivity index (χ3n) is 6.41. The van der Waals surface area contributed by atoms with Gasteiger partial charge in [0.25, 0.3) is 0 Å². The summed E-state index contributed by atoms with van der Waals surface area (Å²) in [5.74, 6) is 0.874. The van der Waals surface area contributed by atoms with E-state index >= 15 is 0 Å². The van der Waals surface area contributed by atoms with Crippen LogP contribution in [0, 0.1) is 0 Å². The normalized spacial score (nSPS) is 21.1. The average Bonchev–Trinajstić information content (AvgIpc) is 3.27. The molecule has 8 nitrogen and oxygen atoms in total. The molecule has 0 N–H and O–H groups in total. The number of carbonyl (C=O) groups is 2. The van der Waals surface area contributed by atoms with Gasteiger partial charge in [0.15, 0.2) is 0 Å². The zero-order valence-electron chi connectivity index (χ0n) is 19.4. The van der Waals surface area contributed by atoms with Crippen LogP contribution >= 0.6 is 0 Å². The van der Waals surface area contributed by atoms with Crippen LogP contribution in [0.5, 0.6) is 5.75 Å². The number of likely N-dealkylation sites (tertiary alicyclic amines) is 1. The second kappa shape index (κ2) is 10.8. The Kier molecular flexibility index (Phi) is 7.65. The van der Waals surface area contributed by atoms with E-state index in [-0.39, 0.29) is 24.8 Å². The number of aromatic nitrogens is 2. The number of nitrogens with zero attached hydrogens (tertiary/aromatic N) is 4. The largest absolute Gasteiger partial charge is 0.490 e. The van der Waals surface area contributed by atoms with Gasteiger partial charge in [-0.25, -0.2) is 0 Å². The van der Waals surface area contributed by atoms with Crippen LogP contribution in [0.4, 0.5) is 0 Å².